The van der Waals surface area contributed by atoms with Gasteiger partial charge >= 0.3 is 0 Å². The smallest absolute Gasteiger partial charge is 0.162 e. The summed E-state index contributed by atoms with van der Waals surface area (Å²) in [6.45, 7) is 7.17. The summed E-state index contributed by atoms with van der Waals surface area (Å²) in [5.41, 5.74) is 2.05. The summed E-state index contributed by atoms with van der Waals surface area (Å²) >= 11 is 0. The van der Waals surface area contributed by atoms with E-state index in [0.717, 1.165) is 43.1 Å². The van der Waals surface area contributed by atoms with Crippen LogP contribution in [0.4, 0.5) is 5.82 Å². The van der Waals surface area contributed by atoms with Crippen molar-refractivity contribution in [2.75, 3.05) is 19.0 Å². The number of anilines is 1. The summed E-state index contributed by atoms with van der Waals surface area (Å²) in [7, 11) is 1.76. The first kappa shape index (κ1) is 13.3. The predicted molar refractivity (Wildman–Crippen MR) is 72.8 cm³/mol. The molecule has 2 rings (SSSR count). The van der Waals surface area contributed by atoms with Crippen molar-refractivity contribution in [2.45, 2.75) is 52.1 Å². The van der Waals surface area contributed by atoms with Gasteiger partial charge in [0.05, 0.1) is 0 Å². The van der Waals surface area contributed by atoms with Crippen LogP contribution in [0.3, 0.4) is 0 Å². The lowest BCUT2D eigenvalue weighted by molar-refractivity contribution is -0.0846. The van der Waals surface area contributed by atoms with Crippen LogP contribution in [0.2, 0.25) is 0 Å². The Labute approximate surface area is 109 Å². The van der Waals surface area contributed by atoms with Gasteiger partial charge in [0.2, 0.25) is 0 Å². The van der Waals surface area contributed by atoms with Crippen LogP contribution in [0.25, 0.3) is 0 Å². The van der Waals surface area contributed by atoms with E-state index in [2.05, 4.69) is 31.1 Å². The SMILES string of the molecule is CCNc1nc(C2(OC)CCC2)nc(C)c1CC. The van der Waals surface area contributed by atoms with Crippen LogP contribution in [0.5, 0.6) is 0 Å². The number of nitrogens with one attached hydrogen (secondary N) is 1. The molecule has 0 radical (unpaired) electrons. The standard InChI is InChI=1S/C14H23N3O/c1-5-11-10(3)16-13(17-12(11)15-6-2)14(18-4)8-7-9-14/h5-9H2,1-4H3,(H,15,16,17). The molecule has 0 bridgehead atoms. The number of aryl methyl sites for hydroxylation is 1. The Balaban J connectivity index is 2.43. The normalized spacial score (nSPS) is 17.3. The van der Waals surface area contributed by atoms with E-state index in [-0.39, 0.29) is 5.60 Å². The molecule has 1 aliphatic rings. The number of hydrogen-bond donors (Lipinski definition) is 1. The second-order valence-corrected chi connectivity index (χ2v) is 4.90. The van der Waals surface area contributed by atoms with Gasteiger partial charge < -0.3 is 10.1 Å². The van der Waals surface area contributed by atoms with Crippen LogP contribution in [-0.2, 0) is 16.8 Å². The van der Waals surface area contributed by atoms with E-state index in [1.54, 1.807) is 7.11 Å². The lowest BCUT2D eigenvalue weighted by Crippen LogP contribution is -2.38. The minimum atomic E-state index is -0.235. The van der Waals surface area contributed by atoms with Gasteiger partial charge in [-0.2, -0.15) is 0 Å². The van der Waals surface area contributed by atoms with Gasteiger partial charge in [0.1, 0.15) is 11.4 Å². The molecular weight excluding hydrogens is 226 g/mol. The largest absolute Gasteiger partial charge is 0.370 e. The Bertz CT molecular complexity index is 422. The molecule has 100 valence electrons. The summed E-state index contributed by atoms with van der Waals surface area (Å²) in [5.74, 6) is 1.83. The molecule has 1 N–H and O–H groups in total. The van der Waals surface area contributed by atoms with Crippen molar-refractivity contribution in [3.63, 3.8) is 0 Å². The number of hydrogen-bond acceptors (Lipinski definition) is 4. The molecule has 1 aromatic rings. The maximum atomic E-state index is 5.67. The molecule has 0 atom stereocenters. The lowest BCUT2D eigenvalue weighted by atomic mass is 9.79. The first-order chi connectivity index (χ1) is 8.66. The van der Waals surface area contributed by atoms with E-state index >= 15 is 0 Å². The van der Waals surface area contributed by atoms with E-state index < -0.39 is 0 Å². The lowest BCUT2D eigenvalue weighted by Gasteiger charge is -2.39. The highest BCUT2D eigenvalue weighted by Crippen LogP contribution is 2.43. The first-order valence-electron chi connectivity index (χ1n) is 6.84. The third-order valence-corrected chi connectivity index (χ3v) is 3.87. The van der Waals surface area contributed by atoms with Gasteiger partial charge in [-0.3, -0.25) is 0 Å². The highest BCUT2D eigenvalue weighted by atomic mass is 16.5. The number of rotatable bonds is 5. The highest BCUT2D eigenvalue weighted by Gasteiger charge is 2.42. The fourth-order valence-electron chi connectivity index (χ4n) is 2.55. The molecule has 4 heteroatoms. The molecule has 0 aromatic carbocycles. The Morgan fingerprint density at radius 2 is 2.00 bits per heavy atom. The number of ether oxygens (including phenoxy) is 1. The molecule has 1 heterocycles. The highest BCUT2D eigenvalue weighted by molar-refractivity contribution is 5.47. The second-order valence-electron chi connectivity index (χ2n) is 4.90. The average molecular weight is 249 g/mol. The average Bonchev–Trinajstić information content (AvgIpc) is 2.28. The maximum Gasteiger partial charge on any atom is 0.162 e. The van der Waals surface area contributed by atoms with Crippen LogP contribution in [0, 0.1) is 6.92 Å². The van der Waals surface area contributed by atoms with Crippen molar-refractivity contribution in [3.8, 4) is 0 Å². The third kappa shape index (κ3) is 2.09. The molecule has 1 aromatic heterocycles. The molecule has 0 saturated heterocycles. The van der Waals surface area contributed by atoms with Gasteiger partial charge in [-0.1, -0.05) is 6.92 Å². The van der Waals surface area contributed by atoms with Gasteiger partial charge in [0.25, 0.3) is 0 Å². The molecule has 18 heavy (non-hydrogen) atoms. The number of methoxy groups -OCH3 is 1. The second kappa shape index (κ2) is 5.22. The molecule has 0 unspecified atom stereocenters. The minimum Gasteiger partial charge on any atom is -0.370 e. The predicted octanol–water partition coefficient (Wildman–Crippen LogP) is 2.80. The van der Waals surface area contributed by atoms with Crippen LogP contribution >= 0.6 is 0 Å². The zero-order valence-electron chi connectivity index (χ0n) is 11.8. The van der Waals surface area contributed by atoms with Gasteiger partial charge in [-0.15, -0.1) is 0 Å². The molecule has 0 spiro atoms. The number of nitrogens with zero attached hydrogens (tertiary/aromatic N) is 2. The van der Waals surface area contributed by atoms with Crippen LogP contribution in [-0.4, -0.2) is 23.6 Å². The summed E-state index contributed by atoms with van der Waals surface area (Å²) < 4.78 is 5.67. The molecule has 1 saturated carbocycles. The van der Waals surface area contributed by atoms with E-state index in [1.807, 2.05) is 0 Å². The van der Waals surface area contributed by atoms with E-state index in [1.165, 1.54) is 12.0 Å². The molecule has 0 aliphatic heterocycles. The molecule has 4 nitrogen and oxygen atoms in total. The zero-order valence-corrected chi connectivity index (χ0v) is 11.8. The summed E-state index contributed by atoms with van der Waals surface area (Å²) in [6, 6.07) is 0. The van der Waals surface area contributed by atoms with E-state index in [4.69, 9.17) is 9.72 Å². The maximum absolute atomic E-state index is 5.67. The van der Waals surface area contributed by atoms with Gasteiger partial charge in [-0.25, -0.2) is 9.97 Å². The van der Waals surface area contributed by atoms with Gasteiger partial charge in [-0.05, 0) is 39.5 Å². The fourth-order valence-corrected chi connectivity index (χ4v) is 2.55. The van der Waals surface area contributed by atoms with E-state index in [9.17, 15) is 0 Å². The van der Waals surface area contributed by atoms with Gasteiger partial charge in [0.15, 0.2) is 5.82 Å². The van der Waals surface area contributed by atoms with E-state index in [0.29, 0.717) is 0 Å². The Hall–Kier alpha value is -1.16. The minimum absolute atomic E-state index is 0.235. The number of aromatic nitrogens is 2. The third-order valence-electron chi connectivity index (χ3n) is 3.87. The Morgan fingerprint density at radius 3 is 2.44 bits per heavy atom. The zero-order chi connectivity index (χ0) is 13.2. The monoisotopic (exact) mass is 249 g/mol. The fraction of sp³-hybridized carbons (Fsp3) is 0.714. The summed E-state index contributed by atoms with van der Waals surface area (Å²) in [5, 5.41) is 3.35. The van der Waals surface area contributed by atoms with Crippen molar-refractivity contribution >= 4 is 5.82 Å². The van der Waals surface area contributed by atoms with Crippen molar-refractivity contribution in [2.24, 2.45) is 0 Å². The molecule has 0 amide bonds. The summed E-state index contributed by atoms with van der Waals surface area (Å²) in [4.78, 5) is 9.39. The van der Waals surface area contributed by atoms with Crippen molar-refractivity contribution in [1.82, 2.24) is 9.97 Å². The van der Waals surface area contributed by atoms with Gasteiger partial charge in [0, 0.05) is 24.9 Å². The van der Waals surface area contributed by atoms with Crippen LogP contribution in [0.15, 0.2) is 0 Å². The summed E-state index contributed by atoms with van der Waals surface area (Å²) in [6.07, 6.45) is 4.21. The molecule has 1 aliphatic carbocycles. The van der Waals surface area contributed by atoms with Crippen LogP contribution < -0.4 is 5.32 Å². The van der Waals surface area contributed by atoms with Crippen LogP contribution in [0.1, 0.15) is 50.2 Å². The Morgan fingerprint density at radius 1 is 1.28 bits per heavy atom. The Kier molecular flexibility index (Phi) is 3.85. The quantitative estimate of drug-likeness (QED) is 0.871. The first-order valence-corrected chi connectivity index (χ1v) is 6.84. The molecule has 1 fully saturated rings. The topological polar surface area (TPSA) is 47.0 Å². The van der Waals surface area contributed by atoms with Crippen molar-refractivity contribution < 1.29 is 4.74 Å². The van der Waals surface area contributed by atoms with Crippen molar-refractivity contribution in [3.05, 3.63) is 17.1 Å². The molecular formula is C14H23N3O. The van der Waals surface area contributed by atoms with Crippen molar-refractivity contribution in [1.29, 1.82) is 0 Å².